The van der Waals surface area contributed by atoms with Crippen molar-refractivity contribution in [3.63, 3.8) is 0 Å². The topological polar surface area (TPSA) is 123 Å². The maximum absolute atomic E-state index is 12.6. The number of β-amino-alcohol motifs (C(OH)–C–C–N with tert-alkyl or cyclic N) is 1. The smallest absolute Gasteiger partial charge is 0.291 e. The van der Waals surface area contributed by atoms with Crippen LogP contribution in [0.25, 0.3) is 10.9 Å². The molecule has 0 radical (unpaired) electrons. The molecule has 2 aliphatic rings. The monoisotopic (exact) mass is 514 g/mol. The number of ether oxygens (including phenoxy) is 3. The third-order valence-corrected chi connectivity index (χ3v) is 6.91. The molecule has 11 nitrogen and oxygen atoms in total. The summed E-state index contributed by atoms with van der Waals surface area (Å²) in [7, 11) is 1.54. The van der Waals surface area contributed by atoms with E-state index in [1.807, 2.05) is 30.5 Å². The van der Waals surface area contributed by atoms with Gasteiger partial charge in [-0.2, -0.15) is 4.99 Å². The molecule has 0 bridgehead atoms. The highest BCUT2D eigenvalue weighted by Crippen LogP contribution is 2.37. The van der Waals surface area contributed by atoms with Crippen molar-refractivity contribution < 1.29 is 24.1 Å². The van der Waals surface area contributed by atoms with Crippen molar-refractivity contribution in [3.05, 3.63) is 34.3 Å². The summed E-state index contributed by atoms with van der Waals surface area (Å²) in [6, 6.07) is 3.71. The van der Waals surface area contributed by atoms with Gasteiger partial charge in [-0.3, -0.25) is 19.2 Å². The van der Waals surface area contributed by atoms with Crippen LogP contribution < -0.4 is 20.4 Å². The standard InChI is InChI=1S/C24H30N6O5S/c1-14-9-29(10-15(2)35-14)11-16(31)12-34-18-5-4-17-20(21(18)33-3)27-24(30-7-6-26-22(17)30)28-23(32)19-8-25-13-36-19/h4-5,8,13-16,26,31H,6-7,9-12H2,1-3H3/t14-,15+,16-/m1/s1. The number of aromatic nitrogens is 3. The summed E-state index contributed by atoms with van der Waals surface area (Å²) in [6.45, 7) is 7.54. The van der Waals surface area contributed by atoms with Crippen LogP contribution in [0.5, 0.6) is 11.5 Å². The van der Waals surface area contributed by atoms with Crippen LogP contribution in [-0.2, 0) is 11.3 Å². The number of benzene rings is 1. The molecule has 0 spiro atoms. The van der Waals surface area contributed by atoms with Gasteiger partial charge in [0.25, 0.3) is 5.91 Å². The van der Waals surface area contributed by atoms with Gasteiger partial charge in [0.15, 0.2) is 11.5 Å². The molecule has 192 valence electrons. The van der Waals surface area contributed by atoms with Gasteiger partial charge < -0.3 is 24.6 Å². The Hall–Kier alpha value is -3.06. The van der Waals surface area contributed by atoms with Crippen molar-refractivity contribution in [2.75, 3.05) is 45.2 Å². The number of amides is 1. The third-order valence-electron chi connectivity index (χ3n) is 6.15. The average molecular weight is 515 g/mol. The van der Waals surface area contributed by atoms with E-state index in [-0.39, 0.29) is 24.4 Å². The van der Waals surface area contributed by atoms with Gasteiger partial charge >= 0.3 is 0 Å². The highest BCUT2D eigenvalue weighted by Gasteiger charge is 2.25. The summed E-state index contributed by atoms with van der Waals surface area (Å²) < 4.78 is 19.3. The maximum Gasteiger partial charge on any atom is 0.291 e. The summed E-state index contributed by atoms with van der Waals surface area (Å²) in [6.07, 6.45) is 1.07. The van der Waals surface area contributed by atoms with Gasteiger partial charge in [0, 0.05) is 38.1 Å². The van der Waals surface area contributed by atoms with Gasteiger partial charge in [-0.1, -0.05) is 0 Å². The number of aliphatic hydroxyl groups is 1. The average Bonchev–Trinajstić information content (AvgIpc) is 3.54. The van der Waals surface area contributed by atoms with Crippen molar-refractivity contribution in [1.29, 1.82) is 0 Å². The highest BCUT2D eigenvalue weighted by molar-refractivity contribution is 7.11. The largest absolute Gasteiger partial charge is 0.491 e. The number of hydrogen-bond acceptors (Lipinski definition) is 10. The van der Waals surface area contributed by atoms with Gasteiger partial charge in [0.2, 0.25) is 5.62 Å². The van der Waals surface area contributed by atoms with E-state index in [0.717, 1.165) is 24.3 Å². The molecule has 1 saturated heterocycles. The van der Waals surface area contributed by atoms with Crippen LogP contribution in [0.4, 0.5) is 5.82 Å². The number of thiazole rings is 1. The molecule has 12 heteroatoms. The summed E-state index contributed by atoms with van der Waals surface area (Å²) >= 11 is 1.23. The van der Waals surface area contributed by atoms with Crippen LogP contribution in [0.15, 0.2) is 28.8 Å². The molecule has 3 atom stereocenters. The molecule has 1 aromatic carbocycles. The minimum atomic E-state index is -0.685. The van der Waals surface area contributed by atoms with E-state index in [9.17, 15) is 9.90 Å². The predicted octanol–water partition coefficient (Wildman–Crippen LogP) is 1.52. The molecule has 2 N–H and O–H groups in total. The summed E-state index contributed by atoms with van der Waals surface area (Å²) in [5.41, 5.74) is 2.40. The fourth-order valence-electron chi connectivity index (χ4n) is 4.78. The first kappa shape index (κ1) is 24.6. The number of carbonyl (C=O) groups excluding carboxylic acids is 1. The number of rotatable bonds is 7. The van der Waals surface area contributed by atoms with Crippen molar-refractivity contribution in [2.24, 2.45) is 4.99 Å². The molecule has 0 saturated carbocycles. The fraction of sp³-hybridized carbons (Fsp3) is 0.500. The molecule has 4 heterocycles. The Labute approximate surface area is 212 Å². The van der Waals surface area contributed by atoms with E-state index in [2.05, 4.69) is 20.2 Å². The lowest BCUT2D eigenvalue weighted by atomic mass is 10.2. The number of carbonyl (C=O) groups is 1. The van der Waals surface area contributed by atoms with Crippen molar-refractivity contribution >= 4 is 34.0 Å². The molecular weight excluding hydrogens is 484 g/mol. The molecule has 0 aliphatic carbocycles. The summed E-state index contributed by atoms with van der Waals surface area (Å²) in [5, 5.41) is 14.8. The first-order chi connectivity index (χ1) is 17.4. The van der Waals surface area contributed by atoms with Gasteiger partial charge in [0.1, 0.15) is 28.9 Å². The van der Waals surface area contributed by atoms with Gasteiger partial charge in [-0.05, 0) is 26.0 Å². The second-order valence-electron chi connectivity index (χ2n) is 9.06. The van der Waals surface area contributed by atoms with Crippen LogP contribution in [0.3, 0.4) is 0 Å². The zero-order valence-electron chi connectivity index (χ0n) is 20.5. The lowest BCUT2D eigenvalue weighted by Gasteiger charge is -2.36. The molecular formula is C24H30N6O5S. The second kappa shape index (κ2) is 10.5. The normalized spacial score (nSPS) is 21.3. The predicted molar refractivity (Wildman–Crippen MR) is 135 cm³/mol. The number of nitrogens with one attached hydrogen (secondary N) is 1. The number of fused-ring (bicyclic) bond motifs is 3. The number of nitrogens with zero attached hydrogens (tertiary/aromatic N) is 5. The lowest BCUT2D eigenvalue weighted by molar-refractivity contribution is -0.0787. The van der Waals surface area contributed by atoms with E-state index in [1.54, 1.807) is 12.6 Å². The quantitative estimate of drug-likeness (QED) is 0.483. The Kier molecular flexibility index (Phi) is 7.19. The third kappa shape index (κ3) is 5.07. The molecule has 36 heavy (non-hydrogen) atoms. The molecule has 2 aliphatic heterocycles. The second-order valence-corrected chi connectivity index (χ2v) is 9.94. The van der Waals surface area contributed by atoms with Crippen molar-refractivity contribution in [1.82, 2.24) is 19.4 Å². The zero-order valence-corrected chi connectivity index (χ0v) is 21.3. The Morgan fingerprint density at radius 2 is 2.17 bits per heavy atom. The molecule has 2 aromatic heterocycles. The Balaban J connectivity index is 1.41. The molecule has 5 rings (SSSR count). The molecule has 1 fully saturated rings. The first-order valence-corrected chi connectivity index (χ1v) is 12.8. The van der Waals surface area contributed by atoms with E-state index >= 15 is 0 Å². The number of morpholine rings is 1. The van der Waals surface area contributed by atoms with E-state index in [4.69, 9.17) is 19.2 Å². The molecule has 0 unspecified atom stereocenters. The number of hydrogen-bond donors (Lipinski definition) is 2. The van der Waals surface area contributed by atoms with E-state index < -0.39 is 12.0 Å². The Bertz CT molecular complexity index is 1300. The van der Waals surface area contributed by atoms with Crippen LogP contribution >= 0.6 is 11.3 Å². The first-order valence-electron chi connectivity index (χ1n) is 11.9. The SMILES string of the molecule is COc1c(OC[C@H](O)CN2C[C@@H](C)O[C@@H](C)C2)ccc2c3n(c(=NC(=O)c4cncs4)nc12)CCN3. The van der Waals surface area contributed by atoms with Gasteiger partial charge in [0.05, 0.1) is 31.0 Å². The van der Waals surface area contributed by atoms with Crippen molar-refractivity contribution in [2.45, 2.75) is 38.7 Å². The van der Waals surface area contributed by atoms with Crippen LogP contribution in [0.2, 0.25) is 0 Å². The maximum atomic E-state index is 12.6. The van der Waals surface area contributed by atoms with Crippen LogP contribution in [-0.4, -0.2) is 88.7 Å². The summed E-state index contributed by atoms with van der Waals surface area (Å²) in [5.74, 6) is 1.30. The molecule has 1 amide bonds. The van der Waals surface area contributed by atoms with Crippen LogP contribution in [0, 0.1) is 0 Å². The summed E-state index contributed by atoms with van der Waals surface area (Å²) in [4.78, 5) is 28.2. The Morgan fingerprint density at radius 3 is 2.89 bits per heavy atom. The van der Waals surface area contributed by atoms with E-state index in [0.29, 0.717) is 41.5 Å². The van der Waals surface area contributed by atoms with Gasteiger partial charge in [-0.15, -0.1) is 11.3 Å². The highest BCUT2D eigenvalue weighted by atomic mass is 32.1. The zero-order chi connectivity index (χ0) is 25.2. The fourth-order valence-corrected chi connectivity index (χ4v) is 5.29. The van der Waals surface area contributed by atoms with E-state index in [1.165, 1.54) is 17.5 Å². The van der Waals surface area contributed by atoms with Crippen LogP contribution in [0.1, 0.15) is 23.5 Å². The minimum absolute atomic E-state index is 0.0982. The lowest BCUT2D eigenvalue weighted by Crippen LogP contribution is -2.48. The van der Waals surface area contributed by atoms with Crippen molar-refractivity contribution in [3.8, 4) is 11.5 Å². The number of anilines is 1. The number of aliphatic hydroxyl groups excluding tert-OH is 1. The molecule has 3 aromatic rings. The number of methoxy groups -OCH3 is 1. The minimum Gasteiger partial charge on any atom is -0.491 e. The van der Waals surface area contributed by atoms with Gasteiger partial charge in [-0.25, -0.2) is 4.98 Å². The Morgan fingerprint density at radius 1 is 1.36 bits per heavy atom.